The standard InChI is InChI=1S/C10H9ClFNO2/c11-7-2-1-6-5(8(7)12)3-4-13-9(6)10(14)15/h1-2,9,13H,3-4H2,(H,14,15). The summed E-state index contributed by atoms with van der Waals surface area (Å²) in [5, 5.41) is 11.8. The molecule has 2 N–H and O–H groups in total. The first kappa shape index (κ1) is 10.4. The second-order valence-corrected chi connectivity index (χ2v) is 3.81. The van der Waals surface area contributed by atoms with Crippen LogP contribution in [0.2, 0.25) is 5.02 Å². The van der Waals surface area contributed by atoms with E-state index in [9.17, 15) is 9.18 Å². The van der Waals surface area contributed by atoms with Gasteiger partial charge in [0.15, 0.2) is 0 Å². The van der Waals surface area contributed by atoms with Crippen molar-refractivity contribution in [2.75, 3.05) is 6.54 Å². The average molecular weight is 230 g/mol. The van der Waals surface area contributed by atoms with Gasteiger partial charge in [-0.1, -0.05) is 17.7 Å². The molecule has 1 atom stereocenters. The van der Waals surface area contributed by atoms with Crippen molar-refractivity contribution >= 4 is 17.6 Å². The molecule has 1 aromatic carbocycles. The lowest BCUT2D eigenvalue weighted by Crippen LogP contribution is -2.35. The van der Waals surface area contributed by atoms with Crippen LogP contribution in [0, 0.1) is 5.82 Å². The monoisotopic (exact) mass is 229 g/mol. The number of benzene rings is 1. The highest BCUT2D eigenvalue weighted by molar-refractivity contribution is 6.30. The van der Waals surface area contributed by atoms with Crippen LogP contribution < -0.4 is 5.32 Å². The highest BCUT2D eigenvalue weighted by Crippen LogP contribution is 2.29. The lowest BCUT2D eigenvalue weighted by Gasteiger charge is -2.24. The van der Waals surface area contributed by atoms with Crippen molar-refractivity contribution in [3.63, 3.8) is 0 Å². The Morgan fingerprint density at radius 3 is 3.00 bits per heavy atom. The topological polar surface area (TPSA) is 49.3 Å². The molecular formula is C10H9ClFNO2. The van der Waals surface area contributed by atoms with Gasteiger partial charge in [0.25, 0.3) is 0 Å². The summed E-state index contributed by atoms with van der Waals surface area (Å²) in [5.74, 6) is -1.50. The Kier molecular flexibility index (Phi) is 2.63. The molecule has 1 heterocycles. The molecule has 0 amide bonds. The molecule has 5 heteroatoms. The van der Waals surface area contributed by atoms with Gasteiger partial charge >= 0.3 is 5.97 Å². The summed E-state index contributed by atoms with van der Waals surface area (Å²) in [5.41, 5.74) is 0.879. The van der Waals surface area contributed by atoms with Crippen LogP contribution in [-0.4, -0.2) is 17.6 Å². The molecule has 1 aliphatic rings. The van der Waals surface area contributed by atoms with Crippen LogP contribution in [0.5, 0.6) is 0 Å². The molecule has 0 saturated carbocycles. The van der Waals surface area contributed by atoms with Gasteiger partial charge in [-0.3, -0.25) is 4.79 Å². The van der Waals surface area contributed by atoms with Gasteiger partial charge in [-0.15, -0.1) is 0 Å². The summed E-state index contributed by atoms with van der Waals surface area (Å²) in [6, 6.07) is 2.12. The van der Waals surface area contributed by atoms with Crippen molar-refractivity contribution in [3.05, 3.63) is 34.1 Å². The molecule has 0 spiro atoms. The minimum Gasteiger partial charge on any atom is -0.480 e. The minimum absolute atomic E-state index is 0.0415. The second-order valence-electron chi connectivity index (χ2n) is 3.40. The maximum Gasteiger partial charge on any atom is 0.325 e. The Balaban J connectivity index is 2.54. The quantitative estimate of drug-likeness (QED) is 0.772. The van der Waals surface area contributed by atoms with E-state index in [1.807, 2.05) is 0 Å². The SMILES string of the molecule is O=C(O)C1NCCc2c1ccc(Cl)c2F. The van der Waals surface area contributed by atoms with Gasteiger partial charge in [-0.05, 0) is 23.6 Å². The van der Waals surface area contributed by atoms with Gasteiger partial charge in [0, 0.05) is 6.54 Å². The molecule has 1 unspecified atom stereocenters. The Hall–Kier alpha value is -1.13. The molecule has 0 radical (unpaired) electrons. The van der Waals surface area contributed by atoms with Crippen LogP contribution in [0.1, 0.15) is 17.2 Å². The van der Waals surface area contributed by atoms with Crippen LogP contribution in [0.3, 0.4) is 0 Å². The fourth-order valence-electron chi connectivity index (χ4n) is 1.80. The van der Waals surface area contributed by atoms with Crippen molar-refractivity contribution in [3.8, 4) is 0 Å². The van der Waals surface area contributed by atoms with Crippen LogP contribution in [0.4, 0.5) is 4.39 Å². The summed E-state index contributed by atoms with van der Waals surface area (Å²) in [7, 11) is 0. The predicted octanol–water partition coefficient (Wildman–Crippen LogP) is 1.75. The van der Waals surface area contributed by atoms with Gasteiger partial charge in [-0.25, -0.2) is 4.39 Å². The zero-order chi connectivity index (χ0) is 11.0. The fourth-order valence-corrected chi connectivity index (χ4v) is 1.98. The van der Waals surface area contributed by atoms with Crippen molar-refractivity contribution in [2.24, 2.45) is 0 Å². The van der Waals surface area contributed by atoms with Crippen LogP contribution in [-0.2, 0) is 11.2 Å². The number of halogens is 2. The van der Waals surface area contributed by atoms with E-state index in [4.69, 9.17) is 16.7 Å². The second kappa shape index (κ2) is 3.79. The van der Waals surface area contributed by atoms with E-state index in [1.54, 1.807) is 6.07 Å². The Bertz CT molecular complexity index is 422. The van der Waals surface area contributed by atoms with Crippen LogP contribution >= 0.6 is 11.6 Å². The average Bonchev–Trinajstić information content (AvgIpc) is 2.23. The van der Waals surface area contributed by atoms with Gasteiger partial charge < -0.3 is 10.4 Å². The predicted molar refractivity (Wildman–Crippen MR) is 53.5 cm³/mol. The number of carboxylic acid groups (broad SMARTS) is 1. The summed E-state index contributed by atoms with van der Waals surface area (Å²) in [6.07, 6.45) is 0.464. The van der Waals surface area contributed by atoms with Crippen molar-refractivity contribution in [1.82, 2.24) is 5.32 Å². The Morgan fingerprint density at radius 2 is 2.33 bits per heavy atom. The molecule has 1 aliphatic heterocycles. The van der Waals surface area contributed by atoms with Gasteiger partial charge in [-0.2, -0.15) is 0 Å². The smallest absolute Gasteiger partial charge is 0.325 e. The van der Waals surface area contributed by atoms with Crippen molar-refractivity contribution in [1.29, 1.82) is 0 Å². The number of nitrogens with one attached hydrogen (secondary N) is 1. The first-order chi connectivity index (χ1) is 7.11. The summed E-state index contributed by atoms with van der Waals surface area (Å²) < 4.78 is 13.6. The summed E-state index contributed by atoms with van der Waals surface area (Å²) >= 11 is 5.63. The van der Waals surface area contributed by atoms with Crippen molar-refractivity contribution in [2.45, 2.75) is 12.5 Å². The molecule has 0 aromatic heterocycles. The molecule has 0 aliphatic carbocycles. The number of rotatable bonds is 1. The van der Waals surface area contributed by atoms with Crippen molar-refractivity contribution < 1.29 is 14.3 Å². The third-order valence-electron chi connectivity index (χ3n) is 2.51. The van der Waals surface area contributed by atoms with E-state index < -0.39 is 17.8 Å². The number of carboxylic acids is 1. The van der Waals surface area contributed by atoms with Crippen LogP contribution in [0.15, 0.2) is 12.1 Å². The maximum atomic E-state index is 13.6. The molecule has 0 saturated heterocycles. The van der Waals surface area contributed by atoms with E-state index >= 15 is 0 Å². The summed E-state index contributed by atoms with van der Waals surface area (Å²) in [4.78, 5) is 10.9. The largest absolute Gasteiger partial charge is 0.480 e. The zero-order valence-electron chi connectivity index (χ0n) is 7.76. The molecule has 0 fully saturated rings. The molecule has 80 valence electrons. The molecule has 0 bridgehead atoms. The van der Waals surface area contributed by atoms with Gasteiger partial charge in [0.05, 0.1) is 5.02 Å². The highest BCUT2D eigenvalue weighted by atomic mass is 35.5. The third kappa shape index (κ3) is 1.70. The number of hydrogen-bond acceptors (Lipinski definition) is 2. The van der Waals surface area contributed by atoms with E-state index in [2.05, 4.69) is 5.32 Å². The molecule has 2 rings (SSSR count). The van der Waals surface area contributed by atoms with Gasteiger partial charge in [0.1, 0.15) is 11.9 Å². The van der Waals surface area contributed by atoms with Crippen LogP contribution in [0.25, 0.3) is 0 Å². The lowest BCUT2D eigenvalue weighted by molar-refractivity contribution is -0.139. The number of hydrogen-bond donors (Lipinski definition) is 2. The first-order valence-corrected chi connectivity index (χ1v) is 4.92. The third-order valence-corrected chi connectivity index (χ3v) is 2.81. The Labute approximate surface area is 90.9 Å². The number of fused-ring (bicyclic) bond motifs is 1. The normalized spacial score (nSPS) is 19.7. The number of carbonyl (C=O) groups is 1. The molecule has 1 aromatic rings. The highest BCUT2D eigenvalue weighted by Gasteiger charge is 2.28. The van der Waals surface area contributed by atoms with E-state index in [0.717, 1.165) is 0 Å². The first-order valence-electron chi connectivity index (χ1n) is 4.54. The summed E-state index contributed by atoms with van der Waals surface area (Å²) in [6.45, 7) is 0.446. The molecule has 3 nitrogen and oxygen atoms in total. The fraction of sp³-hybridized carbons (Fsp3) is 0.300. The zero-order valence-corrected chi connectivity index (χ0v) is 8.51. The lowest BCUT2D eigenvalue weighted by atomic mass is 9.94. The van der Waals surface area contributed by atoms with E-state index in [-0.39, 0.29) is 5.02 Å². The van der Waals surface area contributed by atoms with Gasteiger partial charge in [0.2, 0.25) is 0 Å². The molecule has 15 heavy (non-hydrogen) atoms. The maximum absolute atomic E-state index is 13.6. The Morgan fingerprint density at radius 1 is 1.60 bits per heavy atom. The molecular weight excluding hydrogens is 221 g/mol. The minimum atomic E-state index is -1.00. The van der Waals surface area contributed by atoms with E-state index in [1.165, 1.54) is 6.07 Å². The van der Waals surface area contributed by atoms with E-state index in [0.29, 0.717) is 24.1 Å². The number of aliphatic carboxylic acids is 1.